The Labute approximate surface area is 140 Å². The highest BCUT2D eigenvalue weighted by Gasteiger charge is 2.11. The van der Waals surface area contributed by atoms with Crippen LogP contribution >= 0.6 is 39.1 Å². The quantitative estimate of drug-likeness (QED) is 0.557. The molecule has 1 heterocycles. The number of hydrogen-bond donors (Lipinski definition) is 0. The molecular formula is C15H9BrCl2N2O. The molecule has 6 heteroatoms. The lowest BCUT2D eigenvalue weighted by Crippen LogP contribution is -1.93. The summed E-state index contributed by atoms with van der Waals surface area (Å²) in [7, 11) is 1.61. The van der Waals surface area contributed by atoms with Gasteiger partial charge in [-0.2, -0.15) is 0 Å². The maximum Gasteiger partial charge on any atom is 0.162 e. The van der Waals surface area contributed by atoms with E-state index in [4.69, 9.17) is 27.9 Å². The monoisotopic (exact) mass is 382 g/mol. The molecule has 0 amide bonds. The predicted molar refractivity (Wildman–Crippen MR) is 89.2 cm³/mol. The van der Waals surface area contributed by atoms with Crippen LogP contribution in [0, 0.1) is 0 Å². The number of hydrogen-bond acceptors (Lipinski definition) is 3. The van der Waals surface area contributed by atoms with Crippen molar-refractivity contribution in [2.24, 2.45) is 0 Å². The Hall–Kier alpha value is -1.36. The van der Waals surface area contributed by atoms with Crippen molar-refractivity contribution in [2.75, 3.05) is 7.11 Å². The van der Waals surface area contributed by atoms with E-state index in [0.717, 1.165) is 15.4 Å². The second-order valence-corrected chi connectivity index (χ2v) is 6.03. The van der Waals surface area contributed by atoms with E-state index in [0.29, 0.717) is 27.3 Å². The molecule has 0 bridgehead atoms. The first-order valence-electron chi connectivity index (χ1n) is 6.05. The second kappa shape index (κ2) is 5.79. The van der Waals surface area contributed by atoms with Gasteiger partial charge in [-0.1, -0.05) is 39.1 Å². The van der Waals surface area contributed by atoms with Crippen LogP contribution in [0.1, 0.15) is 0 Å². The number of benzene rings is 2. The molecular weight excluding hydrogens is 375 g/mol. The summed E-state index contributed by atoms with van der Waals surface area (Å²) in [5, 5.41) is 1.72. The van der Waals surface area contributed by atoms with E-state index >= 15 is 0 Å². The maximum atomic E-state index is 6.25. The fourth-order valence-corrected chi connectivity index (χ4v) is 2.99. The lowest BCUT2D eigenvalue weighted by molar-refractivity contribution is 0.415. The van der Waals surface area contributed by atoms with Crippen molar-refractivity contribution in [3.63, 3.8) is 0 Å². The highest BCUT2D eigenvalue weighted by molar-refractivity contribution is 9.10. The van der Waals surface area contributed by atoms with E-state index in [1.54, 1.807) is 13.2 Å². The molecule has 0 unspecified atom stereocenters. The highest BCUT2D eigenvalue weighted by Crippen LogP contribution is 2.32. The summed E-state index contributed by atoms with van der Waals surface area (Å²) in [5.74, 6) is 1.20. The second-order valence-electron chi connectivity index (χ2n) is 4.35. The zero-order valence-electron chi connectivity index (χ0n) is 10.9. The van der Waals surface area contributed by atoms with Crippen LogP contribution in [-0.4, -0.2) is 17.1 Å². The fourth-order valence-electron chi connectivity index (χ4n) is 1.99. The Morgan fingerprint density at radius 1 is 1.05 bits per heavy atom. The molecule has 0 fully saturated rings. The Morgan fingerprint density at radius 2 is 1.86 bits per heavy atom. The molecule has 21 heavy (non-hydrogen) atoms. The summed E-state index contributed by atoms with van der Waals surface area (Å²) < 4.78 is 6.10. The molecule has 2 aromatic carbocycles. The molecule has 0 aliphatic heterocycles. The topological polar surface area (TPSA) is 35.0 Å². The molecule has 0 atom stereocenters. The van der Waals surface area contributed by atoms with Crippen LogP contribution < -0.4 is 4.74 Å². The average molecular weight is 384 g/mol. The van der Waals surface area contributed by atoms with Crippen molar-refractivity contribution in [2.45, 2.75) is 0 Å². The lowest BCUT2D eigenvalue weighted by Gasteiger charge is -2.08. The van der Waals surface area contributed by atoms with Crippen molar-refractivity contribution in [1.82, 2.24) is 9.97 Å². The minimum absolute atomic E-state index is 0.386. The summed E-state index contributed by atoms with van der Waals surface area (Å²) in [6.07, 6.45) is 0. The molecule has 0 spiro atoms. The lowest BCUT2D eigenvalue weighted by atomic mass is 10.2. The van der Waals surface area contributed by atoms with Crippen LogP contribution in [0.2, 0.25) is 10.2 Å². The van der Waals surface area contributed by atoms with E-state index in [2.05, 4.69) is 25.9 Å². The van der Waals surface area contributed by atoms with Crippen LogP contribution in [0.5, 0.6) is 5.75 Å². The van der Waals surface area contributed by atoms with Crippen molar-refractivity contribution in [3.8, 4) is 17.1 Å². The van der Waals surface area contributed by atoms with Crippen molar-refractivity contribution in [1.29, 1.82) is 0 Å². The molecule has 106 valence electrons. The van der Waals surface area contributed by atoms with Crippen LogP contribution in [0.4, 0.5) is 0 Å². The predicted octanol–water partition coefficient (Wildman–Crippen LogP) is 5.37. The first-order chi connectivity index (χ1) is 10.1. The molecule has 0 radical (unpaired) electrons. The number of ether oxygens (including phenoxy) is 1. The van der Waals surface area contributed by atoms with Gasteiger partial charge in [0.15, 0.2) is 5.82 Å². The maximum absolute atomic E-state index is 6.25. The normalized spacial score (nSPS) is 10.9. The van der Waals surface area contributed by atoms with Gasteiger partial charge in [0.05, 0.1) is 17.6 Å². The van der Waals surface area contributed by atoms with Crippen LogP contribution in [-0.2, 0) is 0 Å². The van der Waals surface area contributed by atoms with Gasteiger partial charge in [0.1, 0.15) is 10.9 Å². The molecule has 0 N–H and O–H groups in total. The van der Waals surface area contributed by atoms with Crippen LogP contribution in [0.25, 0.3) is 22.3 Å². The SMILES string of the molecule is COc1ccc2c(Cl)nc(-c3ccc(Br)cc3Cl)nc2c1. The zero-order chi connectivity index (χ0) is 15.0. The number of aromatic nitrogens is 2. The Kier molecular flexibility index (Phi) is 4.02. The Morgan fingerprint density at radius 3 is 2.57 bits per heavy atom. The van der Waals surface area contributed by atoms with Gasteiger partial charge in [-0.05, 0) is 30.3 Å². The standard InChI is InChI=1S/C15H9BrCl2N2O/c1-21-9-3-5-11-13(7-9)19-15(20-14(11)18)10-4-2-8(16)6-12(10)17/h2-7H,1H3. The molecule has 3 aromatic rings. The van der Waals surface area contributed by atoms with E-state index in [9.17, 15) is 0 Å². The van der Waals surface area contributed by atoms with E-state index < -0.39 is 0 Å². The third-order valence-electron chi connectivity index (χ3n) is 3.03. The third-order valence-corrected chi connectivity index (χ3v) is 4.12. The van der Waals surface area contributed by atoms with Gasteiger partial charge in [0.25, 0.3) is 0 Å². The fraction of sp³-hybridized carbons (Fsp3) is 0.0667. The minimum Gasteiger partial charge on any atom is -0.497 e. The van der Waals surface area contributed by atoms with Gasteiger partial charge in [0, 0.05) is 21.5 Å². The number of rotatable bonds is 2. The largest absolute Gasteiger partial charge is 0.497 e. The number of nitrogens with zero attached hydrogens (tertiary/aromatic N) is 2. The van der Waals surface area contributed by atoms with Gasteiger partial charge < -0.3 is 4.74 Å². The number of halogens is 3. The zero-order valence-corrected chi connectivity index (χ0v) is 14.0. The summed E-state index contributed by atoms with van der Waals surface area (Å²) in [6, 6.07) is 11.0. The van der Waals surface area contributed by atoms with Gasteiger partial charge in [0.2, 0.25) is 0 Å². The summed E-state index contributed by atoms with van der Waals surface area (Å²) in [6.45, 7) is 0. The van der Waals surface area contributed by atoms with E-state index in [1.165, 1.54) is 0 Å². The number of methoxy groups -OCH3 is 1. The summed E-state index contributed by atoms with van der Waals surface area (Å²) in [5.41, 5.74) is 1.44. The van der Waals surface area contributed by atoms with Gasteiger partial charge in [-0.3, -0.25) is 0 Å². The Bertz CT molecular complexity index is 839. The average Bonchev–Trinajstić information content (AvgIpc) is 2.46. The number of fused-ring (bicyclic) bond motifs is 1. The van der Waals surface area contributed by atoms with Gasteiger partial charge in [-0.15, -0.1) is 0 Å². The highest BCUT2D eigenvalue weighted by atomic mass is 79.9. The van der Waals surface area contributed by atoms with Crippen LogP contribution in [0.15, 0.2) is 40.9 Å². The first-order valence-corrected chi connectivity index (χ1v) is 7.60. The summed E-state index contributed by atoms with van der Waals surface area (Å²) >= 11 is 15.9. The molecule has 3 nitrogen and oxygen atoms in total. The smallest absolute Gasteiger partial charge is 0.162 e. The molecule has 3 rings (SSSR count). The molecule has 0 saturated heterocycles. The minimum atomic E-state index is 0.386. The van der Waals surface area contributed by atoms with E-state index in [1.807, 2.05) is 30.3 Å². The molecule has 0 saturated carbocycles. The van der Waals surface area contributed by atoms with Crippen molar-refractivity contribution < 1.29 is 4.74 Å². The van der Waals surface area contributed by atoms with E-state index in [-0.39, 0.29) is 0 Å². The van der Waals surface area contributed by atoms with Gasteiger partial charge in [-0.25, -0.2) is 9.97 Å². The first kappa shape index (κ1) is 14.6. The van der Waals surface area contributed by atoms with Crippen molar-refractivity contribution >= 4 is 50.0 Å². The molecule has 0 aliphatic rings. The van der Waals surface area contributed by atoms with Crippen molar-refractivity contribution in [3.05, 3.63) is 51.0 Å². The van der Waals surface area contributed by atoms with Crippen LogP contribution in [0.3, 0.4) is 0 Å². The summed E-state index contributed by atoms with van der Waals surface area (Å²) in [4.78, 5) is 8.86. The Balaban J connectivity index is 2.23. The van der Waals surface area contributed by atoms with Gasteiger partial charge >= 0.3 is 0 Å². The third kappa shape index (κ3) is 2.84. The molecule has 0 aliphatic carbocycles. The molecule has 1 aromatic heterocycles.